The lowest BCUT2D eigenvalue weighted by atomic mass is 10.2. The summed E-state index contributed by atoms with van der Waals surface area (Å²) >= 11 is 0. The number of nitrogens with zero attached hydrogens (tertiary/aromatic N) is 1. The Labute approximate surface area is 109 Å². The highest BCUT2D eigenvalue weighted by atomic mass is 16.5. The van der Waals surface area contributed by atoms with Crippen LogP contribution in [0.15, 0.2) is 0 Å². The fourth-order valence-corrected chi connectivity index (χ4v) is 1.55. The number of nitrogens with one attached hydrogen (secondary N) is 1. The van der Waals surface area contributed by atoms with Crippen LogP contribution in [0.2, 0.25) is 0 Å². The molecule has 0 amide bonds. The minimum Gasteiger partial charge on any atom is -0.385 e. The predicted octanol–water partition coefficient (Wildman–Crippen LogP) is 1.09. The molecule has 1 unspecified atom stereocenters. The Balaban J connectivity index is 1.81. The lowest BCUT2D eigenvalue weighted by molar-refractivity contribution is 0.0381. The highest BCUT2D eigenvalue weighted by Gasteiger charge is 2.24. The average molecular weight is 256 g/mol. The lowest BCUT2D eigenvalue weighted by Gasteiger charge is -2.10. The molecule has 0 aromatic carbocycles. The molecule has 1 aliphatic carbocycles. The summed E-state index contributed by atoms with van der Waals surface area (Å²) in [5.74, 6) is 0. The second-order valence-electron chi connectivity index (χ2n) is 4.48. The van der Waals surface area contributed by atoms with Gasteiger partial charge >= 0.3 is 0 Å². The summed E-state index contributed by atoms with van der Waals surface area (Å²) in [5.41, 5.74) is 0. The molecule has 0 heterocycles. The summed E-state index contributed by atoms with van der Waals surface area (Å²) in [6, 6.07) is 2.76. The number of ether oxygens (including phenoxy) is 3. The molecule has 0 aliphatic heterocycles. The maximum absolute atomic E-state index is 8.92. The van der Waals surface area contributed by atoms with Crippen molar-refractivity contribution in [2.24, 2.45) is 0 Å². The van der Waals surface area contributed by atoms with Crippen LogP contribution in [0.5, 0.6) is 0 Å². The molecule has 18 heavy (non-hydrogen) atoms. The van der Waals surface area contributed by atoms with E-state index in [0.29, 0.717) is 32.5 Å². The van der Waals surface area contributed by atoms with Crippen LogP contribution in [0.3, 0.4) is 0 Å². The highest BCUT2D eigenvalue weighted by molar-refractivity contribution is 4.95. The van der Waals surface area contributed by atoms with E-state index in [4.69, 9.17) is 19.5 Å². The summed E-state index contributed by atoms with van der Waals surface area (Å²) < 4.78 is 15.7. The van der Waals surface area contributed by atoms with Crippen molar-refractivity contribution < 1.29 is 14.2 Å². The van der Waals surface area contributed by atoms with Crippen LogP contribution in [0.25, 0.3) is 0 Å². The molecule has 0 aromatic heterocycles. The fraction of sp³-hybridized carbons (Fsp3) is 0.923. The van der Waals surface area contributed by atoms with Gasteiger partial charge in [0.1, 0.15) is 0 Å². The molecule has 0 radical (unpaired) electrons. The van der Waals surface area contributed by atoms with Gasteiger partial charge < -0.3 is 14.2 Å². The second kappa shape index (κ2) is 10.3. The molecule has 5 heteroatoms. The van der Waals surface area contributed by atoms with E-state index in [2.05, 4.69) is 11.4 Å². The normalized spacial score (nSPS) is 16.4. The van der Waals surface area contributed by atoms with Gasteiger partial charge in [0.05, 0.1) is 25.3 Å². The molecule has 0 spiro atoms. The second-order valence-corrected chi connectivity index (χ2v) is 4.48. The van der Waals surface area contributed by atoms with Crippen molar-refractivity contribution in [3.8, 4) is 6.07 Å². The van der Waals surface area contributed by atoms with Gasteiger partial charge in [-0.05, 0) is 25.7 Å². The largest absolute Gasteiger partial charge is 0.385 e. The molecule has 0 bridgehead atoms. The lowest BCUT2D eigenvalue weighted by Crippen LogP contribution is -2.30. The van der Waals surface area contributed by atoms with Gasteiger partial charge in [-0.1, -0.05) is 0 Å². The predicted molar refractivity (Wildman–Crippen MR) is 68.3 cm³/mol. The molecule has 1 atom stereocenters. The van der Waals surface area contributed by atoms with Crippen LogP contribution in [0, 0.1) is 11.3 Å². The average Bonchev–Trinajstić information content (AvgIpc) is 3.19. The Hall–Kier alpha value is -0.670. The highest BCUT2D eigenvalue weighted by Crippen LogP contribution is 2.19. The van der Waals surface area contributed by atoms with Crippen molar-refractivity contribution in [3.05, 3.63) is 0 Å². The number of hydrogen-bond donors (Lipinski definition) is 1. The Bertz CT molecular complexity index is 239. The monoisotopic (exact) mass is 256 g/mol. The molecule has 0 aromatic rings. The first-order valence-corrected chi connectivity index (χ1v) is 6.67. The van der Waals surface area contributed by atoms with Crippen LogP contribution in [-0.4, -0.2) is 52.2 Å². The van der Waals surface area contributed by atoms with Crippen molar-refractivity contribution in [3.63, 3.8) is 0 Å². The number of hydrogen-bond acceptors (Lipinski definition) is 5. The van der Waals surface area contributed by atoms with Gasteiger partial charge in [-0.15, -0.1) is 0 Å². The van der Waals surface area contributed by atoms with Crippen LogP contribution < -0.4 is 5.32 Å². The smallest absolute Gasteiger partial charge is 0.0977 e. The van der Waals surface area contributed by atoms with Crippen molar-refractivity contribution in [2.45, 2.75) is 37.8 Å². The maximum Gasteiger partial charge on any atom is 0.0977 e. The van der Waals surface area contributed by atoms with E-state index in [1.165, 1.54) is 12.8 Å². The third kappa shape index (κ3) is 8.43. The van der Waals surface area contributed by atoms with Crippen LogP contribution in [0.4, 0.5) is 0 Å². The molecule has 0 saturated heterocycles. The Kier molecular flexibility index (Phi) is 8.78. The third-order valence-corrected chi connectivity index (χ3v) is 2.73. The van der Waals surface area contributed by atoms with Crippen molar-refractivity contribution >= 4 is 0 Å². The zero-order valence-electron chi connectivity index (χ0n) is 11.2. The van der Waals surface area contributed by atoms with Gasteiger partial charge in [0, 0.05) is 33.0 Å². The van der Waals surface area contributed by atoms with E-state index in [9.17, 15) is 0 Å². The van der Waals surface area contributed by atoms with E-state index < -0.39 is 0 Å². The Morgan fingerprint density at radius 3 is 2.50 bits per heavy atom. The molecule has 104 valence electrons. The SMILES string of the molecule is COCCCOCCOCCC(C#N)NC1CC1. The van der Waals surface area contributed by atoms with Gasteiger partial charge in [-0.3, -0.25) is 5.32 Å². The van der Waals surface area contributed by atoms with Gasteiger partial charge in [0.25, 0.3) is 0 Å². The number of rotatable bonds is 12. The van der Waals surface area contributed by atoms with Crippen molar-refractivity contribution in [1.29, 1.82) is 5.26 Å². The topological polar surface area (TPSA) is 63.5 Å². The summed E-state index contributed by atoms with van der Waals surface area (Å²) in [6.07, 6.45) is 4.07. The van der Waals surface area contributed by atoms with Gasteiger partial charge in [0.2, 0.25) is 0 Å². The van der Waals surface area contributed by atoms with Gasteiger partial charge in [-0.2, -0.15) is 5.26 Å². The quantitative estimate of drug-likeness (QED) is 0.530. The van der Waals surface area contributed by atoms with Gasteiger partial charge in [0.15, 0.2) is 0 Å². The summed E-state index contributed by atoms with van der Waals surface area (Å²) in [4.78, 5) is 0. The van der Waals surface area contributed by atoms with E-state index in [1.54, 1.807) is 7.11 Å². The molecular formula is C13H24N2O3. The standard InChI is InChI=1S/C13H24N2O3/c1-16-6-2-7-17-9-10-18-8-5-13(11-14)15-12-3-4-12/h12-13,15H,2-10H2,1H3. The molecule has 1 saturated carbocycles. The zero-order chi connectivity index (χ0) is 13.1. The summed E-state index contributed by atoms with van der Waals surface area (Å²) in [5, 5.41) is 12.2. The number of methoxy groups -OCH3 is 1. The van der Waals surface area contributed by atoms with Gasteiger partial charge in [-0.25, -0.2) is 0 Å². The fourth-order valence-electron chi connectivity index (χ4n) is 1.55. The van der Waals surface area contributed by atoms with Crippen LogP contribution in [0.1, 0.15) is 25.7 Å². The van der Waals surface area contributed by atoms with Crippen LogP contribution in [-0.2, 0) is 14.2 Å². The van der Waals surface area contributed by atoms with E-state index >= 15 is 0 Å². The first-order chi connectivity index (χ1) is 8.86. The van der Waals surface area contributed by atoms with E-state index in [-0.39, 0.29) is 6.04 Å². The molecule has 5 nitrogen and oxygen atoms in total. The van der Waals surface area contributed by atoms with Crippen LogP contribution >= 0.6 is 0 Å². The Morgan fingerprint density at radius 2 is 1.89 bits per heavy atom. The van der Waals surface area contributed by atoms with Crippen molar-refractivity contribution in [2.75, 3.05) is 40.1 Å². The minimum atomic E-state index is -0.0693. The Morgan fingerprint density at radius 1 is 1.17 bits per heavy atom. The molecule has 1 aliphatic rings. The molecule has 1 N–H and O–H groups in total. The zero-order valence-corrected chi connectivity index (χ0v) is 11.2. The van der Waals surface area contributed by atoms with E-state index in [0.717, 1.165) is 19.4 Å². The first kappa shape index (κ1) is 15.4. The maximum atomic E-state index is 8.92. The van der Waals surface area contributed by atoms with E-state index in [1.807, 2.05) is 0 Å². The number of nitriles is 1. The third-order valence-electron chi connectivity index (χ3n) is 2.73. The van der Waals surface area contributed by atoms with Crippen molar-refractivity contribution in [1.82, 2.24) is 5.32 Å². The minimum absolute atomic E-state index is 0.0693. The molecule has 1 rings (SSSR count). The first-order valence-electron chi connectivity index (χ1n) is 6.67. The molecular weight excluding hydrogens is 232 g/mol. The summed E-state index contributed by atoms with van der Waals surface area (Å²) in [6.45, 7) is 3.25. The summed E-state index contributed by atoms with van der Waals surface area (Å²) in [7, 11) is 1.68. The molecule has 1 fully saturated rings.